The van der Waals surface area contributed by atoms with E-state index in [4.69, 9.17) is 10.2 Å². The second kappa shape index (κ2) is 7.43. The van der Waals surface area contributed by atoms with Crippen molar-refractivity contribution in [2.24, 2.45) is 5.73 Å². The van der Waals surface area contributed by atoms with Crippen molar-refractivity contribution in [3.8, 4) is 11.3 Å². The molecule has 0 bridgehead atoms. The molecule has 2 aromatic rings. The van der Waals surface area contributed by atoms with Crippen molar-refractivity contribution in [3.63, 3.8) is 0 Å². The van der Waals surface area contributed by atoms with Gasteiger partial charge in [0.15, 0.2) is 5.76 Å². The predicted octanol–water partition coefficient (Wildman–Crippen LogP) is 1.79. The number of furan rings is 1. The molecule has 1 aliphatic heterocycles. The number of rotatable bonds is 6. The van der Waals surface area contributed by atoms with E-state index in [1.165, 1.54) is 6.07 Å². The summed E-state index contributed by atoms with van der Waals surface area (Å²) >= 11 is 0. The topological polar surface area (TPSA) is 106 Å². The molecule has 1 saturated heterocycles. The third-order valence-electron chi connectivity index (χ3n) is 4.32. The zero-order chi connectivity index (χ0) is 18.7. The Labute approximate surface area is 151 Å². The van der Waals surface area contributed by atoms with Crippen LogP contribution in [-0.2, 0) is 4.79 Å². The van der Waals surface area contributed by atoms with Gasteiger partial charge in [-0.2, -0.15) is 0 Å². The molecule has 3 rings (SSSR count). The summed E-state index contributed by atoms with van der Waals surface area (Å²) in [6, 6.07) is 9.84. The van der Waals surface area contributed by atoms with Gasteiger partial charge in [0.25, 0.3) is 11.8 Å². The van der Waals surface area contributed by atoms with Crippen LogP contribution in [0.1, 0.15) is 40.7 Å². The van der Waals surface area contributed by atoms with Gasteiger partial charge in [-0.15, -0.1) is 0 Å². The maximum absolute atomic E-state index is 12.4. The number of nitrogens with two attached hydrogens (primary N) is 1. The van der Waals surface area contributed by atoms with E-state index in [0.29, 0.717) is 24.3 Å². The molecule has 0 radical (unpaired) electrons. The third kappa shape index (κ3) is 3.77. The summed E-state index contributed by atoms with van der Waals surface area (Å²) in [5.74, 6) is -0.178. The van der Waals surface area contributed by atoms with Crippen LogP contribution in [0.25, 0.3) is 11.3 Å². The summed E-state index contributed by atoms with van der Waals surface area (Å²) in [6.45, 7) is 3.29. The van der Waals surface area contributed by atoms with Gasteiger partial charge in [0, 0.05) is 30.6 Å². The Morgan fingerprint density at radius 1 is 1.23 bits per heavy atom. The molecule has 136 valence electrons. The predicted molar refractivity (Wildman–Crippen MR) is 95.4 cm³/mol. The van der Waals surface area contributed by atoms with E-state index >= 15 is 0 Å². The van der Waals surface area contributed by atoms with Crippen LogP contribution in [-0.4, -0.2) is 41.8 Å². The number of nitrogens with one attached hydrogen (secondary N) is 1. The minimum atomic E-state index is -0.629. The van der Waals surface area contributed by atoms with Gasteiger partial charge in [-0.1, -0.05) is 19.1 Å². The van der Waals surface area contributed by atoms with Crippen LogP contribution in [0.15, 0.2) is 40.8 Å². The Morgan fingerprint density at radius 2 is 1.96 bits per heavy atom. The first-order chi connectivity index (χ1) is 12.5. The molecule has 26 heavy (non-hydrogen) atoms. The second-order valence-electron chi connectivity index (χ2n) is 6.32. The quantitative estimate of drug-likeness (QED) is 0.824. The van der Waals surface area contributed by atoms with Crippen LogP contribution in [0, 0.1) is 0 Å². The lowest BCUT2D eigenvalue weighted by Crippen LogP contribution is -2.37. The first-order valence-electron chi connectivity index (χ1n) is 8.56. The van der Waals surface area contributed by atoms with Crippen LogP contribution in [0.5, 0.6) is 0 Å². The summed E-state index contributed by atoms with van der Waals surface area (Å²) in [5, 5.41) is 2.91. The Hall–Kier alpha value is -3.09. The van der Waals surface area contributed by atoms with Gasteiger partial charge in [0.05, 0.1) is 6.04 Å². The summed E-state index contributed by atoms with van der Waals surface area (Å²) in [4.78, 5) is 37.1. The van der Waals surface area contributed by atoms with Crippen LogP contribution in [0.4, 0.5) is 0 Å². The number of hydrogen-bond acceptors (Lipinski definition) is 4. The molecule has 0 spiro atoms. The Kier molecular flexibility index (Phi) is 5.06. The highest BCUT2D eigenvalue weighted by atomic mass is 16.3. The average molecular weight is 355 g/mol. The zero-order valence-electron chi connectivity index (χ0n) is 14.5. The lowest BCUT2D eigenvalue weighted by molar-refractivity contribution is -0.127. The molecular weight excluding hydrogens is 334 g/mol. The van der Waals surface area contributed by atoms with Crippen molar-refractivity contribution in [2.45, 2.75) is 25.8 Å². The Balaban J connectivity index is 1.64. The zero-order valence-corrected chi connectivity index (χ0v) is 14.5. The number of carbonyl (C=O) groups excluding carboxylic acids is 3. The molecule has 0 unspecified atom stereocenters. The van der Waals surface area contributed by atoms with E-state index < -0.39 is 5.91 Å². The summed E-state index contributed by atoms with van der Waals surface area (Å²) in [7, 11) is 0. The molecule has 1 atom stereocenters. The van der Waals surface area contributed by atoms with E-state index in [9.17, 15) is 14.4 Å². The van der Waals surface area contributed by atoms with Crippen molar-refractivity contribution in [1.29, 1.82) is 0 Å². The highest BCUT2D eigenvalue weighted by molar-refractivity contribution is 5.95. The maximum Gasteiger partial charge on any atom is 0.284 e. The number of amides is 3. The van der Waals surface area contributed by atoms with Gasteiger partial charge >= 0.3 is 0 Å². The largest absolute Gasteiger partial charge is 0.451 e. The Bertz CT molecular complexity index is 826. The molecule has 1 aliphatic rings. The SMILES string of the molecule is CCCN1C[C@@H](NC(=O)c2ccc(-c3ccc(C(N)=O)o3)cc2)CC1=O. The monoisotopic (exact) mass is 355 g/mol. The normalized spacial score (nSPS) is 16.7. The molecule has 0 aliphatic carbocycles. The lowest BCUT2D eigenvalue weighted by Gasteiger charge is -2.16. The highest BCUT2D eigenvalue weighted by Crippen LogP contribution is 2.22. The van der Waals surface area contributed by atoms with Crippen molar-refractivity contribution >= 4 is 17.7 Å². The standard InChI is InChI=1S/C19H21N3O4/c1-2-9-22-11-14(10-17(22)23)21-19(25)13-5-3-12(4-6-13)15-7-8-16(26-15)18(20)24/h3-8,14H,2,9-11H2,1H3,(H2,20,24)(H,21,25)/t14-/m0/s1. The minimum absolute atomic E-state index is 0.0792. The van der Waals surface area contributed by atoms with Crippen molar-refractivity contribution in [3.05, 3.63) is 47.7 Å². The van der Waals surface area contributed by atoms with E-state index in [1.54, 1.807) is 35.2 Å². The average Bonchev–Trinajstić information content (AvgIpc) is 3.23. The Morgan fingerprint density at radius 3 is 2.58 bits per heavy atom. The lowest BCUT2D eigenvalue weighted by atomic mass is 10.1. The van der Waals surface area contributed by atoms with Gasteiger partial charge < -0.3 is 20.4 Å². The maximum atomic E-state index is 12.4. The second-order valence-corrected chi connectivity index (χ2v) is 6.32. The third-order valence-corrected chi connectivity index (χ3v) is 4.32. The number of likely N-dealkylation sites (tertiary alicyclic amines) is 1. The molecule has 1 aromatic carbocycles. The van der Waals surface area contributed by atoms with Crippen LogP contribution in [0.3, 0.4) is 0 Å². The van der Waals surface area contributed by atoms with Gasteiger partial charge in [-0.3, -0.25) is 14.4 Å². The number of hydrogen-bond donors (Lipinski definition) is 2. The fourth-order valence-corrected chi connectivity index (χ4v) is 3.03. The van der Waals surface area contributed by atoms with Crippen molar-refractivity contribution in [1.82, 2.24) is 10.2 Å². The fourth-order valence-electron chi connectivity index (χ4n) is 3.03. The molecule has 7 nitrogen and oxygen atoms in total. The molecule has 1 aromatic heterocycles. The van der Waals surface area contributed by atoms with E-state index in [0.717, 1.165) is 18.5 Å². The first kappa shape index (κ1) is 17.7. The minimum Gasteiger partial charge on any atom is -0.451 e. The smallest absolute Gasteiger partial charge is 0.284 e. The number of nitrogens with zero attached hydrogens (tertiary/aromatic N) is 1. The highest BCUT2D eigenvalue weighted by Gasteiger charge is 2.30. The van der Waals surface area contributed by atoms with E-state index in [2.05, 4.69) is 5.32 Å². The molecule has 3 N–H and O–H groups in total. The summed E-state index contributed by atoms with van der Waals surface area (Å²) < 4.78 is 5.37. The molecule has 2 heterocycles. The van der Waals surface area contributed by atoms with Gasteiger partial charge in [-0.05, 0) is 30.7 Å². The first-order valence-corrected chi connectivity index (χ1v) is 8.56. The molecule has 3 amide bonds. The summed E-state index contributed by atoms with van der Waals surface area (Å²) in [5.41, 5.74) is 6.40. The molecular formula is C19H21N3O4. The molecule has 1 fully saturated rings. The fraction of sp³-hybridized carbons (Fsp3) is 0.316. The molecule has 0 saturated carbocycles. The van der Waals surface area contributed by atoms with Crippen molar-refractivity contribution < 1.29 is 18.8 Å². The van der Waals surface area contributed by atoms with Gasteiger partial charge in [-0.25, -0.2) is 0 Å². The van der Waals surface area contributed by atoms with Crippen molar-refractivity contribution in [2.75, 3.05) is 13.1 Å². The summed E-state index contributed by atoms with van der Waals surface area (Å²) in [6.07, 6.45) is 1.24. The van der Waals surface area contributed by atoms with Crippen LogP contribution < -0.4 is 11.1 Å². The van der Waals surface area contributed by atoms with Crippen LogP contribution >= 0.6 is 0 Å². The van der Waals surface area contributed by atoms with E-state index in [-0.39, 0.29) is 23.6 Å². The van der Waals surface area contributed by atoms with Crippen LogP contribution in [0.2, 0.25) is 0 Å². The number of carbonyl (C=O) groups is 3. The van der Waals surface area contributed by atoms with Gasteiger partial charge in [0.2, 0.25) is 5.91 Å². The van der Waals surface area contributed by atoms with Gasteiger partial charge in [0.1, 0.15) is 5.76 Å². The number of benzene rings is 1. The molecule has 7 heteroatoms. The van der Waals surface area contributed by atoms with E-state index in [1.807, 2.05) is 6.92 Å². The number of primary amides is 1.